The minimum Gasteiger partial charge on any atom is -0.464 e. The number of fused-ring (bicyclic) bond motifs is 7. The third-order valence-corrected chi connectivity index (χ3v) is 6.08. The van der Waals surface area contributed by atoms with Crippen molar-refractivity contribution in [3.63, 3.8) is 0 Å². The lowest BCUT2D eigenvalue weighted by Gasteiger charge is -2.22. The Kier molecular flexibility index (Phi) is 2.71. The maximum atomic E-state index is 5.63. The zero-order chi connectivity index (χ0) is 18.2. The Balaban J connectivity index is 1.69. The fraction of sp³-hybridized carbons (Fsp3) is 0.120. The summed E-state index contributed by atoms with van der Waals surface area (Å²) in [6, 6.07) is 23.7. The Hall–Kier alpha value is -3.26. The first-order valence-corrected chi connectivity index (χ1v) is 9.37. The average molecular weight is 349 g/mol. The molecular weight excluding hydrogens is 330 g/mol. The smallest absolute Gasteiger partial charge is 0.133 e. The fourth-order valence-electron chi connectivity index (χ4n) is 4.80. The standard InChI is InChI=1S/C25H19NO/c1-25(2)19-14-16(21-8-5-13-27-21)9-11-18(19)24-23(25)22-17-7-4-3-6-15(17)10-12-20(22)26-24/h3-14,26H,1-2H3. The molecule has 6 rings (SSSR count). The summed E-state index contributed by atoms with van der Waals surface area (Å²) in [4.78, 5) is 3.71. The van der Waals surface area contributed by atoms with Crippen molar-refractivity contribution in [2.24, 2.45) is 0 Å². The predicted molar refractivity (Wildman–Crippen MR) is 111 cm³/mol. The van der Waals surface area contributed by atoms with Gasteiger partial charge in [-0.1, -0.05) is 56.3 Å². The number of furan rings is 1. The third kappa shape index (κ3) is 1.85. The highest BCUT2D eigenvalue weighted by Gasteiger charge is 2.39. The molecule has 1 aliphatic rings. The SMILES string of the molecule is CC1(C)c2cc(-c3ccco3)ccc2-c2[nH]c3ccc4ccccc4c3c21. The van der Waals surface area contributed by atoms with Crippen molar-refractivity contribution in [3.05, 3.63) is 84.1 Å². The van der Waals surface area contributed by atoms with Crippen LogP contribution in [0.4, 0.5) is 0 Å². The Bertz CT molecular complexity index is 1340. The molecule has 27 heavy (non-hydrogen) atoms. The highest BCUT2D eigenvalue weighted by atomic mass is 16.3. The summed E-state index contributed by atoms with van der Waals surface area (Å²) >= 11 is 0. The molecule has 1 aliphatic carbocycles. The van der Waals surface area contributed by atoms with E-state index in [1.54, 1.807) is 6.26 Å². The number of benzene rings is 3. The van der Waals surface area contributed by atoms with Gasteiger partial charge in [-0.3, -0.25) is 0 Å². The lowest BCUT2D eigenvalue weighted by atomic mass is 9.80. The van der Waals surface area contributed by atoms with Gasteiger partial charge in [0, 0.05) is 27.4 Å². The molecule has 0 atom stereocenters. The van der Waals surface area contributed by atoms with Gasteiger partial charge in [-0.25, -0.2) is 0 Å². The van der Waals surface area contributed by atoms with Crippen molar-refractivity contribution in [2.45, 2.75) is 19.3 Å². The van der Waals surface area contributed by atoms with E-state index in [1.807, 2.05) is 12.1 Å². The molecule has 5 aromatic rings. The Labute approximate surface area is 157 Å². The van der Waals surface area contributed by atoms with Gasteiger partial charge in [0.25, 0.3) is 0 Å². The first kappa shape index (κ1) is 14.9. The zero-order valence-corrected chi connectivity index (χ0v) is 15.3. The number of hydrogen-bond acceptors (Lipinski definition) is 1. The van der Waals surface area contributed by atoms with E-state index in [4.69, 9.17) is 4.42 Å². The summed E-state index contributed by atoms with van der Waals surface area (Å²) in [5.41, 5.74) is 7.58. The Morgan fingerprint density at radius 1 is 0.889 bits per heavy atom. The second-order valence-electron chi connectivity index (χ2n) is 7.95. The van der Waals surface area contributed by atoms with E-state index >= 15 is 0 Å². The molecule has 0 saturated heterocycles. The van der Waals surface area contributed by atoms with Gasteiger partial charge in [0.1, 0.15) is 5.76 Å². The quantitative estimate of drug-likeness (QED) is 0.351. The molecule has 130 valence electrons. The van der Waals surface area contributed by atoms with Crippen LogP contribution in [0.3, 0.4) is 0 Å². The van der Waals surface area contributed by atoms with Crippen LogP contribution in [-0.2, 0) is 5.41 Å². The van der Waals surface area contributed by atoms with Crippen molar-refractivity contribution in [1.82, 2.24) is 4.98 Å². The number of H-pyrrole nitrogens is 1. The molecule has 2 heterocycles. The number of aromatic nitrogens is 1. The van der Waals surface area contributed by atoms with Crippen LogP contribution in [0.25, 0.3) is 44.3 Å². The van der Waals surface area contributed by atoms with E-state index in [0.29, 0.717) is 0 Å². The van der Waals surface area contributed by atoms with Gasteiger partial charge in [0.2, 0.25) is 0 Å². The van der Waals surface area contributed by atoms with E-state index in [0.717, 1.165) is 11.3 Å². The van der Waals surface area contributed by atoms with Gasteiger partial charge >= 0.3 is 0 Å². The molecule has 2 nitrogen and oxygen atoms in total. The second kappa shape index (κ2) is 4.92. The molecule has 3 aromatic carbocycles. The minimum absolute atomic E-state index is 0.0738. The Morgan fingerprint density at radius 2 is 1.78 bits per heavy atom. The summed E-state index contributed by atoms with van der Waals surface area (Å²) in [7, 11) is 0. The highest BCUT2D eigenvalue weighted by molar-refractivity contribution is 6.12. The molecule has 0 spiro atoms. The average Bonchev–Trinajstić information content (AvgIpc) is 3.39. The minimum atomic E-state index is -0.0738. The predicted octanol–water partition coefficient (Wildman–Crippen LogP) is 6.89. The van der Waals surface area contributed by atoms with Crippen LogP contribution in [0.5, 0.6) is 0 Å². The maximum absolute atomic E-state index is 5.63. The van der Waals surface area contributed by atoms with Gasteiger partial charge in [-0.15, -0.1) is 0 Å². The van der Waals surface area contributed by atoms with Crippen LogP contribution in [0.15, 0.2) is 77.4 Å². The second-order valence-corrected chi connectivity index (χ2v) is 7.95. The highest BCUT2D eigenvalue weighted by Crippen LogP contribution is 2.53. The molecule has 2 heteroatoms. The van der Waals surface area contributed by atoms with Gasteiger partial charge in [0.05, 0.1) is 12.0 Å². The third-order valence-electron chi connectivity index (χ3n) is 6.08. The summed E-state index contributed by atoms with van der Waals surface area (Å²) in [5.74, 6) is 0.916. The van der Waals surface area contributed by atoms with E-state index in [9.17, 15) is 0 Å². The van der Waals surface area contributed by atoms with Gasteiger partial charge in [-0.05, 0) is 46.2 Å². The molecule has 0 bridgehead atoms. The molecule has 0 radical (unpaired) electrons. The van der Waals surface area contributed by atoms with Crippen LogP contribution >= 0.6 is 0 Å². The summed E-state index contributed by atoms with van der Waals surface area (Å²) in [6.45, 7) is 4.66. The molecule has 0 saturated carbocycles. The first-order chi connectivity index (χ1) is 13.1. The normalized spacial score (nSPS) is 14.6. The van der Waals surface area contributed by atoms with Gasteiger partial charge < -0.3 is 9.40 Å². The monoisotopic (exact) mass is 349 g/mol. The van der Waals surface area contributed by atoms with Crippen LogP contribution in [-0.4, -0.2) is 4.98 Å². The van der Waals surface area contributed by atoms with Crippen LogP contribution in [0, 0.1) is 0 Å². The fourth-order valence-corrected chi connectivity index (χ4v) is 4.80. The van der Waals surface area contributed by atoms with Crippen molar-refractivity contribution in [1.29, 1.82) is 0 Å². The van der Waals surface area contributed by atoms with E-state index in [1.165, 1.54) is 44.1 Å². The molecular formula is C25H19NO. The molecule has 0 aliphatic heterocycles. The van der Waals surface area contributed by atoms with Crippen molar-refractivity contribution in [2.75, 3.05) is 0 Å². The van der Waals surface area contributed by atoms with E-state index < -0.39 is 0 Å². The molecule has 1 N–H and O–H groups in total. The lowest BCUT2D eigenvalue weighted by Crippen LogP contribution is -2.15. The van der Waals surface area contributed by atoms with Crippen molar-refractivity contribution in [3.8, 4) is 22.6 Å². The largest absolute Gasteiger partial charge is 0.464 e. The molecule has 0 unspecified atom stereocenters. The van der Waals surface area contributed by atoms with E-state index in [2.05, 4.69) is 73.4 Å². The first-order valence-electron chi connectivity index (χ1n) is 9.37. The van der Waals surface area contributed by atoms with Crippen LogP contribution in [0.2, 0.25) is 0 Å². The number of nitrogens with one attached hydrogen (secondary N) is 1. The summed E-state index contributed by atoms with van der Waals surface area (Å²) in [5, 5.41) is 3.96. The summed E-state index contributed by atoms with van der Waals surface area (Å²) < 4.78 is 5.63. The lowest BCUT2D eigenvalue weighted by molar-refractivity contribution is 0.582. The molecule has 2 aromatic heterocycles. The van der Waals surface area contributed by atoms with Gasteiger partial charge in [0.15, 0.2) is 0 Å². The molecule has 0 fully saturated rings. The van der Waals surface area contributed by atoms with Crippen LogP contribution in [0.1, 0.15) is 25.0 Å². The van der Waals surface area contributed by atoms with E-state index in [-0.39, 0.29) is 5.41 Å². The zero-order valence-electron chi connectivity index (χ0n) is 15.3. The number of rotatable bonds is 1. The topological polar surface area (TPSA) is 28.9 Å². The van der Waals surface area contributed by atoms with Crippen LogP contribution < -0.4 is 0 Å². The number of aromatic amines is 1. The van der Waals surface area contributed by atoms with Gasteiger partial charge in [-0.2, -0.15) is 0 Å². The molecule has 0 amide bonds. The van der Waals surface area contributed by atoms with Crippen molar-refractivity contribution < 1.29 is 4.42 Å². The Morgan fingerprint density at radius 3 is 2.63 bits per heavy atom. The summed E-state index contributed by atoms with van der Waals surface area (Å²) in [6.07, 6.45) is 1.73. The number of hydrogen-bond donors (Lipinski definition) is 1. The maximum Gasteiger partial charge on any atom is 0.133 e. The van der Waals surface area contributed by atoms with Crippen molar-refractivity contribution >= 4 is 21.7 Å².